The van der Waals surface area contributed by atoms with Gasteiger partial charge in [-0.2, -0.15) is 0 Å². The zero-order chi connectivity index (χ0) is 16.1. The van der Waals surface area contributed by atoms with Gasteiger partial charge in [-0.3, -0.25) is 0 Å². The van der Waals surface area contributed by atoms with Crippen LogP contribution in [-0.2, 0) is 4.74 Å². The van der Waals surface area contributed by atoms with Crippen molar-refractivity contribution in [3.05, 3.63) is 28.7 Å². The van der Waals surface area contributed by atoms with Crippen LogP contribution in [0.3, 0.4) is 0 Å². The highest BCUT2D eigenvalue weighted by atomic mass is 79.9. The van der Waals surface area contributed by atoms with Crippen molar-refractivity contribution < 1.29 is 9.47 Å². The summed E-state index contributed by atoms with van der Waals surface area (Å²) >= 11 is 3.48. The van der Waals surface area contributed by atoms with Gasteiger partial charge in [0.2, 0.25) is 0 Å². The molecule has 2 aliphatic rings. The molecule has 3 rings (SSSR count). The first kappa shape index (κ1) is 20.0. The van der Waals surface area contributed by atoms with Crippen LogP contribution in [0.5, 0.6) is 5.75 Å². The third kappa shape index (κ3) is 5.60. The first-order chi connectivity index (χ1) is 11.2. The summed E-state index contributed by atoms with van der Waals surface area (Å²) in [5, 5.41) is 7.35. The summed E-state index contributed by atoms with van der Waals surface area (Å²) in [5.74, 6) is 1.59. The largest absolute Gasteiger partial charge is 0.489 e. The van der Waals surface area contributed by atoms with Gasteiger partial charge in [-0.1, -0.05) is 28.4 Å². The Balaban J connectivity index is 0.00000208. The summed E-state index contributed by atoms with van der Waals surface area (Å²) in [7, 11) is 0. The lowest BCUT2D eigenvalue weighted by Gasteiger charge is -2.33. The monoisotopic (exact) mass is 418 g/mol. The van der Waals surface area contributed by atoms with Gasteiger partial charge in [0.1, 0.15) is 11.9 Å². The smallest absolute Gasteiger partial charge is 0.120 e. The van der Waals surface area contributed by atoms with Crippen LogP contribution in [0.25, 0.3) is 0 Å². The number of ether oxygens (including phenoxy) is 2. The van der Waals surface area contributed by atoms with Crippen LogP contribution >= 0.6 is 28.3 Å². The lowest BCUT2D eigenvalue weighted by molar-refractivity contribution is 0.0518. The molecular weight excluding hydrogens is 392 g/mol. The van der Waals surface area contributed by atoms with Gasteiger partial charge >= 0.3 is 0 Å². The van der Waals surface area contributed by atoms with E-state index in [2.05, 4.69) is 33.5 Å². The highest BCUT2D eigenvalue weighted by Crippen LogP contribution is 2.29. The fourth-order valence-electron chi connectivity index (χ4n) is 3.72. The van der Waals surface area contributed by atoms with Gasteiger partial charge in [0, 0.05) is 29.6 Å². The summed E-state index contributed by atoms with van der Waals surface area (Å²) in [6.07, 6.45) is 4.01. The maximum Gasteiger partial charge on any atom is 0.120 e. The minimum atomic E-state index is 0. The van der Waals surface area contributed by atoms with Crippen molar-refractivity contribution >= 4 is 28.3 Å². The Bertz CT molecular complexity index is 500. The molecule has 0 amide bonds. The number of hydrogen-bond donors (Lipinski definition) is 2. The second-order valence-corrected chi connectivity index (χ2v) is 7.55. The maximum absolute atomic E-state index is 6.00. The molecule has 0 aromatic heterocycles. The molecule has 1 saturated heterocycles. The van der Waals surface area contributed by atoms with E-state index in [-0.39, 0.29) is 18.5 Å². The molecule has 4 nitrogen and oxygen atoms in total. The molecule has 1 aliphatic carbocycles. The van der Waals surface area contributed by atoms with Crippen molar-refractivity contribution in [2.24, 2.45) is 5.92 Å². The highest BCUT2D eigenvalue weighted by molar-refractivity contribution is 9.10. The van der Waals surface area contributed by atoms with Crippen molar-refractivity contribution in [2.75, 3.05) is 26.3 Å². The van der Waals surface area contributed by atoms with Crippen LogP contribution in [0.1, 0.15) is 26.2 Å². The van der Waals surface area contributed by atoms with Crippen LogP contribution in [0, 0.1) is 5.92 Å². The number of halogens is 2. The molecule has 1 heterocycles. The van der Waals surface area contributed by atoms with E-state index in [1.54, 1.807) is 0 Å². The Labute approximate surface area is 159 Å². The Hall–Kier alpha value is -0.330. The Morgan fingerprint density at radius 2 is 2.29 bits per heavy atom. The predicted molar refractivity (Wildman–Crippen MR) is 103 cm³/mol. The van der Waals surface area contributed by atoms with E-state index in [9.17, 15) is 0 Å². The third-order valence-electron chi connectivity index (χ3n) is 4.84. The predicted octanol–water partition coefficient (Wildman–Crippen LogP) is 3.38. The van der Waals surface area contributed by atoms with Crippen LogP contribution in [0.15, 0.2) is 28.7 Å². The van der Waals surface area contributed by atoms with Crippen LogP contribution < -0.4 is 15.4 Å². The van der Waals surface area contributed by atoms with Crippen molar-refractivity contribution in [1.29, 1.82) is 0 Å². The molecule has 1 aromatic carbocycles. The molecule has 136 valence electrons. The van der Waals surface area contributed by atoms with Gasteiger partial charge in [-0.25, -0.2) is 0 Å². The number of rotatable bonds is 6. The Kier molecular flexibility index (Phi) is 8.31. The topological polar surface area (TPSA) is 42.5 Å². The molecule has 2 N–H and O–H groups in total. The van der Waals surface area contributed by atoms with E-state index in [4.69, 9.17) is 9.47 Å². The van der Waals surface area contributed by atoms with E-state index in [1.165, 1.54) is 19.3 Å². The second-order valence-electron chi connectivity index (χ2n) is 6.63. The molecule has 4 unspecified atom stereocenters. The van der Waals surface area contributed by atoms with Crippen LogP contribution in [0.2, 0.25) is 0 Å². The second kappa shape index (κ2) is 9.97. The van der Waals surface area contributed by atoms with E-state index < -0.39 is 0 Å². The lowest BCUT2D eigenvalue weighted by atomic mass is 9.94. The van der Waals surface area contributed by atoms with E-state index in [1.807, 2.05) is 24.3 Å². The van der Waals surface area contributed by atoms with Crippen LogP contribution in [-0.4, -0.2) is 44.5 Å². The lowest BCUT2D eigenvalue weighted by Crippen LogP contribution is -2.51. The zero-order valence-corrected chi connectivity index (χ0v) is 16.6. The van der Waals surface area contributed by atoms with Gasteiger partial charge < -0.3 is 20.1 Å². The molecule has 1 aliphatic heterocycles. The molecule has 6 heteroatoms. The molecule has 24 heavy (non-hydrogen) atoms. The Morgan fingerprint density at radius 3 is 3.04 bits per heavy atom. The number of nitrogens with one attached hydrogen (secondary N) is 2. The van der Waals surface area contributed by atoms with Gasteiger partial charge in [0.15, 0.2) is 0 Å². The fraction of sp³-hybridized carbons (Fsp3) is 0.667. The number of hydrogen-bond acceptors (Lipinski definition) is 4. The van der Waals surface area contributed by atoms with Crippen molar-refractivity contribution in [3.8, 4) is 5.75 Å². The molecule has 4 atom stereocenters. The average molecular weight is 420 g/mol. The summed E-state index contributed by atoms with van der Waals surface area (Å²) in [6, 6.07) is 9.10. The summed E-state index contributed by atoms with van der Waals surface area (Å²) < 4.78 is 12.7. The fourth-order valence-corrected chi connectivity index (χ4v) is 4.09. The van der Waals surface area contributed by atoms with Gasteiger partial charge in [0.25, 0.3) is 0 Å². The minimum absolute atomic E-state index is 0. The normalized spacial score (nSPS) is 28.2. The van der Waals surface area contributed by atoms with Gasteiger partial charge in [0.05, 0.1) is 13.2 Å². The van der Waals surface area contributed by atoms with Crippen molar-refractivity contribution in [1.82, 2.24) is 10.6 Å². The minimum Gasteiger partial charge on any atom is -0.489 e. The summed E-state index contributed by atoms with van der Waals surface area (Å²) in [6.45, 7) is 5.68. The standard InChI is InChI=1S/C18H27BrN2O2.ClH/c1-13(23-15-5-2-4-14(19)10-15)11-21-17-7-3-6-16(17)18-12-22-9-8-20-18;/h2,4-5,10,13,16-18,20-21H,3,6-9,11-12H2,1H3;1H. The molecule has 1 saturated carbocycles. The van der Waals surface area contributed by atoms with Crippen LogP contribution in [0.4, 0.5) is 0 Å². The third-order valence-corrected chi connectivity index (χ3v) is 5.33. The molecule has 0 radical (unpaired) electrons. The first-order valence-corrected chi connectivity index (χ1v) is 9.48. The van der Waals surface area contributed by atoms with Gasteiger partial charge in [-0.15, -0.1) is 12.4 Å². The highest BCUT2D eigenvalue weighted by Gasteiger charge is 2.34. The quantitative estimate of drug-likeness (QED) is 0.742. The average Bonchev–Trinajstić information content (AvgIpc) is 3.02. The first-order valence-electron chi connectivity index (χ1n) is 8.69. The maximum atomic E-state index is 6.00. The summed E-state index contributed by atoms with van der Waals surface area (Å²) in [4.78, 5) is 0. The van der Waals surface area contributed by atoms with E-state index >= 15 is 0 Å². The zero-order valence-electron chi connectivity index (χ0n) is 14.2. The van der Waals surface area contributed by atoms with E-state index in [0.717, 1.165) is 36.5 Å². The van der Waals surface area contributed by atoms with Crippen molar-refractivity contribution in [2.45, 2.75) is 44.4 Å². The number of morpholine rings is 1. The Morgan fingerprint density at radius 1 is 1.42 bits per heavy atom. The van der Waals surface area contributed by atoms with Crippen molar-refractivity contribution in [3.63, 3.8) is 0 Å². The van der Waals surface area contributed by atoms with E-state index in [0.29, 0.717) is 18.0 Å². The molecular formula is C18H28BrClN2O2. The SMILES string of the molecule is CC(CNC1CCCC1C1COCCN1)Oc1cccc(Br)c1.Cl. The molecule has 2 fully saturated rings. The molecule has 0 spiro atoms. The summed E-state index contributed by atoms with van der Waals surface area (Å²) in [5.41, 5.74) is 0. The van der Waals surface area contributed by atoms with Gasteiger partial charge in [-0.05, 0) is 43.9 Å². The molecule has 1 aromatic rings. The molecule has 0 bridgehead atoms. The number of benzene rings is 1.